The summed E-state index contributed by atoms with van der Waals surface area (Å²) in [6.07, 6.45) is 2.00. The van der Waals surface area contributed by atoms with E-state index < -0.39 is 8.07 Å². The predicted octanol–water partition coefficient (Wildman–Crippen LogP) is 10.1. The van der Waals surface area contributed by atoms with Gasteiger partial charge in [-0.1, -0.05) is 110 Å². The number of pyridine rings is 1. The first-order chi connectivity index (χ1) is 18.9. The normalized spacial score (nSPS) is 12.0. The lowest BCUT2D eigenvalue weighted by Gasteiger charge is -2.16. The Morgan fingerprint density at radius 2 is 1.10 bits per heavy atom. The highest BCUT2D eigenvalue weighted by Crippen LogP contribution is 2.36. The van der Waals surface area contributed by atoms with E-state index in [-0.39, 0.29) is 0 Å². The molecule has 7 aromatic rings. The van der Waals surface area contributed by atoms with Crippen molar-refractivity contribution in [2.45, 2.75) is 19.6 Å². The molecule has 0 unspecified atom stereocenters. The van der Waals surface area contributed by atoms with Crippen molar-refractivity contribution in [1.82, 2.24) is 4.98 Å². The first kappa shape index (κ1) is 24.0. The highest BCUT2D eigenvalue weighted by atomic mass is 32.1. The SMILES string of the molecule is C[Si](C)(C)c1ccc(-c2ccc3cc(-c4ccc(-c5ccc6sc7ccccc7c6c5)cc4)cnc3c2)cc1. The molecule has 0 aliphatic carbocycles. The summed E-state index contributed by atoms with van der Waals surface area (Å²) in [5.41, 5.74) is 8.29. The molecule has 0 saturated heterocycles. The summed E-state index contributed by atoms with van der Waals surface area (Å²) in [5, 5.41) is 5.32. The van der Waals surface area contributed by atoms with Crippen molar-refractivity contribution < 1.29 is 0 Å². The molecule has 188 valence electrons. The van der Waals surface area contributed by atoms with Gasteiger partial charge in [-0.3, -0.25) is 4.98 Å². The Morgan fingerprint density at radius 3 is 1.85 bits per heavy atom. The van der Waals surface area contributed by atoms with Crippen LogP contribution in [0.15, 0.2) is 121 Å². The third-order valence-corrected chi connectivity index (χ3v) is 10.9. The Hall–Kier alpha value is -4.05. The minimum atomic E-state index is -1.29. The van der Waals surface area contributed by atoms with Crippen molar-refractivity contribution in [3.8, 4) is 33.4 Å². The lowest BCUT2D eigenvalue weighted by Crippen LogP contribution is -2.37. The second kappa shape index (κ2) is 9.30. The van der Waals surface area contributed by atoms with Gasteiger partial charge >= 0.3 is 0 Å². The Bertz CT molecular complexity index is 1980. The van der Waals surface area contributed by atoms with Crippen LogP contribution in [0.25, 0.3) is 64.5 Å². The van der Waals surface area contributed by atoms with E-state index >= 15 is 0 Å². The monoisotopic (exact) mass is 535 g/mol. The van der Waals surface area contributed by atoms with Gasteiger partial charge < -0.3 is 0 Å². The fraction of sp³-hybridized carbons (Fsp3) is 0.0833. The van der Waals surface area contributed by atoms with Crippen molar-refractivity contribution in [2.75, 3.05) is 0 Å². The molecule has 0 spiro atoms. The van der Waals surface area contributed by atoms with Gasteiger partial charge in [0.1, 0.15) is 0 Å². The zero-order chi connectivity index (χ0) is 26.6. The van der Waals surface area contributed by atoms with Gasteiger partial charge in [-0.25, -0.2) is 0 Å². The van der Waals surface area contributed by atoms with Crippen LogP contribution >= 0.6 is 11.3 Å². The number of fused-ring (bicyclic) bond motifs is 4. The number of hydrogen-bond acceptors (Lipinski definition) is 2. The van der Waals surface area contributed by atoms with Crippen LogP contribution in [0.1, 0.15) is 0 Å². The average molecular weight is 536 g/mol. The predicted molar refractivity (Wildman–Crippen MR) is 174 cm³/mol. The van der Waals surface area contributed by atoms with Crippen LogP contribution in [0.3, 0.4) is 0 Å². The number of benzene rings is 5. The van der Waals surface area contributed by atoms with Crippen molar-refractivity contribution in [3.63, 3.8) is 0 Å². The molecule has 0 N–H and O–H groups in total. The largest absolute Gasteiger partial charge is 0.256 e. The smallest absolute Gasteiger partial charge is 0.0775 e. The summed E-state index contributed by atoms with van der Waals surface area (Å²) in [5.74, 6) is 0. The first-order valence-electron chi connectivity index (χ1n) is 13.5. The van der Waals surface area contributed by atoms with Crippen LogP contribution in [0.4, 0.5) is 0 Å². The summed E-state index contributed by atoms with van der Waals surface area (Å²) >= 11 is 1.86. The molecule has 7 rings (SSSR count). The number of nitrogens with zero attached hydrogens (tertiary/aromatic N) is 1. The van der Waals surface area contributed by atoms with Gasteiger partial charge in [0.05, 0.1) is 13.6 Å². The maximum Gasteiger partial charge on any atom is 0.0775 e. The molecule has 0 bridgehead atoms. The highest BCUT2D eigenvalue weighted by Gasteiger charge is 2.16. The van der Waals surface area contributed by atoms with Gasteiger partial charge in [-0.15, -0.1) is 11.3 Å². The number of thiophene rings is 1. The standard InChI is InChI=1S/C36H29NSSi/c1-39(2,3)31-17-14-25(15-18-31)28-12-13-29-20-30(23-37-34(29)22-28)26-10-8-24(9-11-26)27-16-19-36-33(21-27)32-6-4-5-7-35(32)38-36/h4-23H,1-3H3. The van der Waals surface area contributed by atoms with Gasteiger partial charge in [0.25, 0.3) is 0 Å². The van der Waals surface area contributed by atoms with Gasteiger partial charge in [0, 0.05) is 37.3 Å². The molecule has 2 aromatic heterocycles. The molecule has 0 amide bonds. The van der Waals surface area contributed by atoms with Crippen LogP contribution in [0, 0.1) is 0 Å². The summed E-state index contributed by atoms with van der Waals surface area (Å²) in [7, 11) is -1.29. The fourth-order valence-electron chi connectivity index (χ4n) is 5.38. The van der Waals surface area contributed by atoms with E-state index in [2.05, 4.69) is 135 Å². The Balaban J connectivity index is 1.17. The summed E-state index contributed by atoms with van der Waals surface area (Å²) < 4.78 is 2.68. The molecule has 0 atom stereocenters. The van der Waals surface area contributed by atoms with E-state index in [4.69, 9.17) is 4.98 Å². The molecule has 2 heterocycles. The second-order valence-corrected chi connectivity index (χ2v) is 17.5. The zero-order valence-corrected chi connectivity index (χ0v) is 24.2. The lowest BCUT2D eigenvalue weighted by atomic mass is 9.98. The molecular weight excluding hydrogens is 507 g/mol. The van der Waals surface area contributed by atoms with Gasteiger partial charge in [0.2, 0.25) is 0 Å². The van der Waals surface area contributed by atoms with Crippen LogP contribution in [0.2, 0.25) is 19.6 Å². The fourth-order valence-corrected chi connectivity index (χ4v) is 7.64. The maximum atomic E-state index is 4.85. The van der Waals surface area contributed by atoms with Gasteiger partial charge in [0.15, 0.2) is 0 Å². The van der Waals surface area contributed by atoms with Gasteiger partial charge in [-0.2, -0.15) is 0 Å². The summed E-state index contributed by atoms with van der Waals surface area (Å²) in [6, 6.07) is 42.3. The topological polar surface area (TPSA) is 12.9 Å². The quantitative estimate of drug-likeness (QED) is 0.204. The zero-order valence-electron chi connectivity index (χ0n) is 22.4. The average Bonchev–Trinajstić information content (AvgIpc) is 3.34. The molecule has 3 heteroatoms. The first-order valence-corrected chi connectivity index (χ1v) is 17.8. The number of rotatable bonds is 4. The van der Waals surface area contributed by atoms with E-state index in [9.17, 15) is 0 Å². The highest BCUT2D eigenvalue weighted by molar-refractivity contribution is 7.25. The summed E-state index contributed by atoms with van der Waals surface area (Å²) in [4.78, 5) is 4.85. The Kier molecular flexibility index (Phi) is 5.73. The molecule has 0 radical (unpaired) electrons. The molecular formula is C36H29NSSi. The molecule has 5 aromatic carbocycles. The van der Waals surface area contributed by atoms with Crippen molar-refractivity contribution >= 4 is 55.7 Å². The third kappa shape index (κ3) is 4.48. The van der Waals surface area contributed by atoms with E-state index in [1.807, 2.05) is 17.5 Å². The number of hydrogen-bond donors (Lipinski definition) is 0. The molecule has 0 aliphatic rings. The molecule has 0 saturated carbocycles. The molecule has 39 heavy (non-hydrogen) atoms. The Morgan fingerprint density at radius 1 is 0.513 bits per heavy atom. The van der Waals surface area contributed by atoms with Crippen molar-refractivity contribution in [2.24, 2.45) is 0 Å². The van der Waals surface area contributed by atoms with Crippen LogP contribution < -0.4 is 5.19 Å². The van der Waals surface area contributed by atoms with Crippen molar-refractivity contribution in [3.05, 3.63) is 121 Å². The maximum absolute atomic E-state index is 4.85. The third-order valence-electron chi connectivity index (χ3n) is 7.70. The minimum Gasteiger partial charge on any atom is -0.256 e. The van der Waals surface area contributed by atoms with E-state index in [0.29, 0.717) is 0 Å². The van der Waals surface area contributed by atoms with Crippen molar-refractivity contribution in [1.29, 1.82) is 0 Å². The van der Waals surface area contributed by atoms with E-state index in [0.717, 1.165) is 16.5 Å². The molecule has 0 aliphatic heterocycles. The minimum absolute atomic E-state index is 1.03. The molecule has 1 nitrogen and oxygen atoms in total. The Labute approximate surface area is 234 Å². The van der Waals surface area contributed by atoms with Crippen LogP contribution in [-0.4, -0.2) is 13.1 Å². The van der Waals surface area contributed by atoms with Gasteiger partial charge in [-0.05, 0) is 58.1 Å². The van der Waals surface area contributed by atoms with E-state index in [1.165, 1.54) is 53.2 Å². The lowest BCUT2D eigenvalue weighted by molar-refractivity contribution is 1.41. The second-order valence-electron chi connectivity index (χ2n) is 11.3. The van der Waals surface area contributed by atoms with Crippen LogP contribution in [-0.2, 0) is 0 Å². The van der Waals surface area contributed by atoms with Crippen LogP contribution in [0.5, 0.6) is 0 Å². The molecule has 0 fully saturated rings. The number of aromatic nitrogens is 1. The summed E-state index contributed by atoms with van der Waals surface area (Å²) in [6.45, 7) is 7.16. The van der Waals surface area contributed by atoms with E-state index in [1.54, 1.807) is 0 Å².